The van der Waals surface area contributed by atoms with Gasteiger partial charge in [-0.2, -0.15) is 17.5 Å². The standard InChI is InChI=1S/C18H23N3O6S.C2HF3O2/c1-18(17(24)27-4)14-13(15(22)21(3)16(14)23)12(19-18)10-20(2)28(25,26)11-8-6-5-7-9-11;3-2(4,5)1(6)7/h5-9,12-14,19H,10H2,1-4H3;(H,6,7)/t12-,13+,14-,18-;/m1./s1. The number of nitrogens with zero attached hydrogens (tertiary/aromatic N) is 2. The topological polar surface area (TPSA) is 150 Å². The number of carboxylic acid groups (broad SMARTS) is 1. The molecule has 2 saturated heterocycles. The zero-order chi connectivity index (χ0) is 26.9. The molecule has 194 valence electrons. The summed E-state index contributed by atoms with van der Waals surface area (Å²) in [7, 11) is 0.171. The number of likely N-dealkylation sites (tertiary alicyclic amines) is 1. The monoisotopic (exact) mass is 523 g/mol. The summed E-state index contributed by atoms with van der Waals surface area (Å²) in [5.74, 6) is -6.15. The summed E-state index contributed by atoms with van der Waals surface area (Å²) in [6, 6.07) is 7.18. The van der Waals surface area contributed by atoms with E-state index in [0.29, 0.717) is 0 Å². The number of halogens is 3. The van der Waals surface area contributed by atoms with Gasteiger partial charge >= 0.3 is 18.1 Å². The maximum Gasteiger partial charge on any atom is 0.490 e. The molecule has 2 aliphatic rings. The number of likely N-dealkylation sites (N-methyl/N-ethyl adjacent to an activating group) is 1. The Bertz CT molecular complexity index is 1110. The van der Waals surface area contributed by atoms with E-state index < -0.39 is 63.4 Å². The molecule has 0 spiro atoms. The van der Waals surface area contributed by atoms with E-state index in [1.807, 2.05) is 0 Å². The van der Waals surface area contributed by atoms with Gasteiger partial charge in [-0.3, -0.25) is 24.6 Å². The van der Waals surface area contributed by atoms with E-state index in [2.05, 4.69) is 5.32 Å². The fraction of sp³-hybridized carbons (Fsp3) is 0.500. The summed E-state index contributed by atoms with van der Waals surface area (Å²) in [5, 5.41) is 10.1. The van der Waals surface area contributed by atoms with Gasteiger partial charge in [0.2, 0.25) is 21.8 Å². The second-order valence-corrected chi connectivity index (χ2v) is 10.1. The van der Waals surface area contributed by atoms with Crippen LogP contribution in [0.5, 0.6) is 0 Å². The van der Waals surface area contributed by atoms with Crippen LogP contribution >= 0.6 is 0 Å². The molecule has 0 radical (unpaired) electrons. The molecule has 1 aromatic carbocycles. The molecule has 0 aliphatic carbocycles. The molecule has 2 heterocycles. The van der Waals surface area contributed by atoms with Crippen molar-refractivity contribution >= 4 is 33.8 Å². The Morgan fingerprint density at radius 3 is 2.17 bits per heavy atom. The number of ether oxygens (including phenoxy) is 1. The molecule has 2 amide bonds. The first kappa shape index (κ1) is 28.2. The highest BCUT2D eigenvalue weighted by Crippen LogP contribution is 2.43. The van der Waals surface area contributed by atoms with Crippen LogP contribution in [0.4, 0.5) is 13.2 Å². The van der Waals surface area contributed by atoms with Crippen LogP contribution in [0, 0.1) is 11.8 Å². The van der Waals surface area contributed by atoms with Gasteiger partial charge in [0.25, 0.3) is 0 Å². The van der Waals surface area contributed by atoms with Crippen molar-refractivity contribution in [3.05, 3.63) is 30.3 Å². The van der Waals surface area contributed by atoms with Gasteiger partial charge in [0.1, 0.15) is 5.54 Å². The smallest absolute Gasteiger partial charge is 0.475 e. The summed E-state index contributed by atoms with van der Waals surface area (Å²) >= 11 is 0. The first-order valence-corrected chi connectivity index (χ1v) is 11.4. The molecule has 2 aliphatic heterocycles. The first-order valence-electron chi connectivity index (χ1n) is 9.99. The van der Waals surface area contributed by atoms with Crippen LogP contribution in [-0.4, -0.2) is 92.0 Å². The molecule has 0 bridgehead atoms. The SMILES string of the molecule is COC(=O)[C@]1(C)N[C@H](CN(C)S(=O)(=O)c2ccccc2)[C@@H]2C(=O)N(C)C(=O)[C@@H]21.O=C(O)C(F)(F)F. The van der Waals surface area contributed by atoms with E-state index in [-0.39, 0.29) is 11.4 Å². The highest BCUT2D eigenvalue weighted by Gasteiger charge is 2.66. The Hall–Kier alpha value is -3.04. The van der Waals surface area contributed by atoms with Crippen molar-refractivity contribution in [3.63, 3.8) is 0 Å². The number of nitrogens with one attached hydrogen (secondary N) is 1. The van der Waals surface area contributed by atoms with Gasteiger partial charge < -0.3 is 9.84 Å². The quantitative estimate of drug-likeness (QED) is 0.404. The summed E-state index contributed by atoms with van der Waals surface area (Å²) in [5.41, 5.74) is -1.42. The third kappa shape index (κ3) is 5.31. The van der Waals surface area contributed by atoms with E-state index >= 15 is 0 Å². The van der Waals surface area contributed by atoms with Gasteiger partial charge in [-0.05, 0) is 19.1 Å². The molecule has 2 N–H and O–H groups in total. The van der Waals surface area contributed by atoms with Crippen LogP contribution in [0.3, 0.4) is 0 Å². The number of hydrogen-bond acceptors (Lipinski definition) is 8. The van der Waals surface area contributed by atoms with Crippen LogP contribution < -0.4 is 5.32 Å². The lowest BCUT2D eigenvalue weighted by Gasteiger charge is -2.28. The van der Waals surface area contributed by atoms with E-state index in [1.165, 1.54) is 40.3 Å². The van der Waals surface area contributed by atoms with Crippen molar-refractivity contribution in [1.82, 2.24) is 14.5 Å². The minimum Gasteiger partial charge on any atom is -0.475 e. The van der Waals surface area contributed by atoms with Crippen molar-refractivity contribution in [2.24, 2.45) is 11.8 Å². The van der Waals surface area contributed by atoms with Crippen molar-refractivity contribution in [2.45, 2.75) is 29.6 Å². The van der Waals surface area contributed by atoms with Gasteiger partial charge in [0.05, 0.1) is 23.8 Å². The second-order valence-electron chi connectivity index (χ2n) is 8.09. The maximum atomic E-state index is 12.8. The minimum absolute atomic E-state index is 0.0855. The zero-order valence-corrected chi connectivity index (χ0v) is 19.9. The average molecular weight is 523 g/mol. The lowest BCUT2D eigenvalue weighted by molar-refractivity contribution is -0.192. The van der Waals surface area contributed by atoms with E-state index in [1.54, 1.807) is 18.2 Å². The number of fused-ring (bicyclic) bond motifs is 1. The van der Waals surface area contributed by atoms with Crippen molar-refractivity contribution < 1.29 is 50.6 Å². The Morgan fingerprint density at radius 2 is 1.71 bits per heavy atom. The third-order valence-electron chi connectivity index (χ3n) is 5.87. The average Bonchev–Trinajstić information content (AvgIpc) is 3.21. The Kier molecular flexibility index (Phi) is 7.98. The van der Waals surface area contributed by atoms with E-state index in [9.17, 15) is 36.0 Å². The number of esters is 1. The predicted octanol–water partition coefficient (Wildman–Crippen LogP) is 0.0749. The van der Waals surface area contributed by atoms with Gasteiger partial charge in [0, 0.05) is 26.7 Å². The molecule has 0 unspecified atom stereocenters. The van der Waals surface area contributed by atoms with Crippen LogP contribution in [0.25, 0.3) is 0 Å². The number of alkyl halides is 3. The molecule has 2 fully saturated rings. The Morgan fingerprint density at radius 1 is 1.20 bits per heavy atom. The number of hydrogen-bond donors (Lipinski definition) is 2. The lowest BCUT2D eigenvalue weighted by Crippen LogP contribution is -2.56. The molecule has 15 heteroatoms. The molecule has 4 atom stereocenters. The number of carbonyl (C=O) groups excluding carboxylic acids is 3. The molecule has 1 aromatic rings. The lowest BCUT2D eigenvalue weighted by atomic mass is 9.81. The van der Waals surface area contributed by atoms with Crippen LogP contribution in [0.1, 0.15) is 6.92 Å². The number of rotatable bonds is 5. The Labute approximate surface area is 198 Å². The number of carboxylic acids is 1. The van der Waals surface area contributed by atoms with Gasteiger partial charge in [-0.15, -0.1) is 0 Å². The predicted molar refractivity (Wildman–Crippen MR) is 112 cm³/mol. The highest BCUT2D eigenvalue weighted by molar-refractivity contribution is 7.89. The first-order chi connectivity index (χ1) is 16.0. The summed E-state index contributed by atoms with van der Waals surface area (Å²) in [4.78, 5) is 47.7. The maximum absolute atomic E-state index is 12.8. The molecular formula is C20H24F3N3O8S. The zero-order valence-electron chi connectivity index (χ0n) is 19.1. The molecule has 0 saturated carbocycles. The summed E-state index contributed by atoms with van der Waals surface area (Å²) in [6.45, 7) is 1.42. The van der Waals surface area contributed by atoms with Gasteiger partial charge in [-0.1, -0.05) is 18.2 Å². The number of methoxy groups -OCH3 is 1. The van der Waals surface area contributed by atoms with Gasteiger partial charge in [0.15, 0.2) is 0 Å². The largest absolute Gasteiger partial charge is 0.490 e. The molecule has 3 rings (SSSR count). The number of aliphatic carboxylic acids is 1. The Balaban J connectivity index is 0.000000540. The normalized spacial score (nSPS) is 26.3. The number of imide groups is 1. The summed E-state index contributed by atoms with van der Waals surface area (Å²) in [6.07, 6.45) is -5.08. The van der Waals surface area contributed by atoms with Crippen LogP contribution in [0.2, 0.25) is 0 Å². The molecule has 0 aromatic heterocycles. The van der Waals surface area contributed by atoms with Crippen molar-refractivity contribution in [3.8, 4) is 0 Å². The number of amides is 2. The van der Waals surface area contributed by atoms with Crippen LogP contribution in [-0.2, 0) is 33.9 Å². The van der Waals surface area contributed by atoms with E-state index in [0.717, 1.165) is 9.21 Å². The fourth-order valence-electron chi connectivity index (χ4n) is 4.12. The molecule has 11 nitrogen and oxygen atoms in total. The number of benzene rings is 1. The van der Waals surface area contributed by atoms with E-state index in [4.69, 9.17) is 14.6 Å². The van der Waals surface area contributed by atoms with Crippen molar-refractivity contribution in [1.29, 1.82) is 0 Å². The van der Waals surface area contributed by atoms with Crippen LogP contribution in [0.15, 0.2) is 35.2 Å². The molecule has 35 heavy (non-hydrogen) atoms. The molecular weight excluding hydrogens is 499 g/mol. The third-order valence-corrected chi connectivity index (χ3v) is 7.71. The highest BCUT2D eigenvalue weighted by atomic mass is 32.2. The second kappa shape index (κ2) is 9.91. The minimum atomic E-state index is -5.08. The van der Waals surface area contributed by atoms with Crippen molar-refractivity contribution in [2.75, 3.05) is 27.7 Å². The fourth-order valence-corrected chi connectivity index (χ4v) is 5.33. The number of carbonyl (C=O) groups is 4. The van der Waals surface area contributed by atoms with Gasteiger partial charge in [-0.25, -0.2) is 13.2 Å². The summed E-state index contributed by atoms with van der Waals surface area (Å²) < 4.78 is 63.3. The number of sulfonamides is 1.